The zero-order valence-corrected chi connectivity index (χ0v) is 8.73. The van der Waals surface area contributed by atoms with Gasteiger partial charge in [0.2, 0.25) is 5.89 Å². The van der Waals surface area contributed by atoms with Crippen LogP contribution in [0.25, 0.3) is 0 Å². The fourth-order valence-corrected chi connectivity index (χ4v) is 1.67. The normalized spacial score (nSPS) is 20.7. The molecular weight excluding hydrogens is 196 g/mol. The van der Waals surface area contributed by atoms with Crippen molar-refractivity contribution in [2.45, 2.75) is 38.7 Å². The Balaban J connectivity index is 1.91. The summed E-state index contributed by atoms with van der Waals surface area (Å²) in [5.41, 5.74) is 0. The first kappa shape index (κ1) is 10.3. The lowest BCUT2D eigenvalue weighted by molar-refractivity contribution is -0.116. The molecule has 1 fully saturated rings. The molecule has 0 N–H and O–H groups in total. The maximum absolute atomic E-state index is 10.8. The van der Waals surface area contributed by atoms with Crippen molar-refractivity contribution in [2.75, 3.05) is 6.61 Å². The van der Waals surface area contributed by atoms with Gasteiger partial charge in [-0.05, 0) is 19.8 Å². The fraction of sp³-hybridized carbons (Fsp3) is 0.700. The summed E-state index contributed by atoms with van der Waals surface area (Å²) in [6.07, 6.45) is 3.25. The number of carbonyl (C=O) groups excluding carboxylic acids is 1. The highest BCUT2D eigenvalue weighted by atomic mass is 16.5. The summed E-state index contributed by atoms with van der Waals surface area (Å²) in [6, 6.07) is 0. The van der Waals surface area contributed by atoms with Gasteiger partial charge >= 0.3 is 0 Å². The molecule has 0 radical (unpaired) electrons. The van der Waals surface area contributed by atoms with Crippen molar-refractivity contribution in [3.05, 3.63) is 11.7 Å². The van der Waals surface area contributed by atoms with E-state index in [1.807, 2.05) is 0 Å². The molecule has 0 bridgehead atoms. The van der Waals surface area contributed by atoms with Crippen molar-refractivity contribution in [2.24, 2.45) is 0 Å². The predicted molar refractivity (Wildman–Crippen MR) is 51.4 cm³/mol. The lowest BCUT2D eigenvalue weighted by Gasteiger charge is -2.03. The predicted octanol–water partition coefficient (Wildman–Crippen LogP) is 0.923. The van der Waals surface area contributed by atoms with Gasteiger partial charge < -0.3 is 9.26 Å². The summed E-state index contributed by atoms with van der Waals surface area (Å²) < 4.78 is 10.5. The van der Waals surface area contributed by atoms with Gasteiger partial charge in [0, 0.05) is 6.61 Å². The van der Waals surface area contributed by atoms with Crippen LogP contribution in [0.4, 0.5) is 0 Å². The summed E-state index contributed by atoms with van der Waals surface area (Å²) in [5.74, 6) is 1.08. The van der Waals surface area contributed by atoms with E-state index in [1.54, 1.807) is 0 Å². The first-order chi connectivity index (χ1) is 7.24. The van der Waals surface area contributed by atoms with Crippen molar-refractivity contribution < 1.29 is 14.1 Å². The Hall–Kier alpha value is -1.23. The third-order valence-corrected chi connectivity index (χ3v) is 2.34. The molecule has 2 heterocycles. The average molecular weight is 210 g/mol. The Kier molecular flexibility index (Phi) is 3.11. The molecular formula is C10H14N2O3. The Morgan fingerprint density at radius 1 is 1.60 bits per heavy atom. The summed E-state index contributed by atoms with van der Waals surface area (Å²) in [5, 5.41) is 3.74. The minimum atomic E-state index is 0.0412. The van der Waals surface area contributed by atoms with Gasteiger partial charge in [0.1, 0.15) is 5.78 Å². The number of Topliss-reactive ketones (excluding diaryl/α,β-unsaturated/α-hetero) is 1. The van der Waals surface area contributed by atoms with E-state index in [0.717, 1.165) is 19.4 Å². The monoisotopic (exact) mass is 210 g/mol. The molecule has 1 atom stereocenters. The van der Waals surface area contributed by atoms with Crippen LogP contribution in [0, 0.1) is 0 Å². The fourth-order valence-electron chi connectivity index (χ4n) is 1.67. The van der Waals surface area contributed by atoms with E-state index in [0.29, 0.717) is 18.1 Å². The number of rotatable bonds is 4. The molecule has 1 aliphatic rings. The van der Waals surface area contributed by atoms with Crippen LogP contribution in [0.3, 0.4) is 0 Å². The smallest absolute Gasteiger partial charge is 0.229 e. The van der Waals surface area contributed by atoms with Crippen LogP contribution in [-0.2, 0) is 22.4 Å². The lowest BCUT2D eigenvalue weighted by Crippen LogP contribution is -2.09. The quantitative estimate of drug-likeness (QED) is 0.739. The number of carbonyl (C=O) groups is 1. The van der Waals surface area contributed by atoms with Gasteiger partial charge in [0.25, 0.3) is 0 Å². The van der Waals surface area contributed by atoms with Crippen LogP contribution in [-0.4, -0.2) is 28.6 Å². The molecule has 5 nitrogen and oxygen atoms in total. The van der Waals surface area contributed by atoms with E-state index in [1.165, 1.54) is 6.92 Å². The zero-order valence-electron chi connectivity index (χ0n) is 8.73. The molecule has 1 saturated heterocycles. The number of nitrogens with zero attached hydrogens (tertiary/aromatic N) is 2. The lowest BCUT2D eigenvalue weighted by atomic mass is 10.2. The van der Waals surface area contributed by atoms with E-state index >= 15 is 0 Å². The molecule has 2 rings (SSSR count). The minimum Gasteiger partial charge on any atom is -0.378 e. The molecule has 0 aromatic carbocycles. The molecule has 0 saturated carbocycles. The second-order valence-corrected chi connectivity index (χ2v) is 3.82. The molecule has 1 unspecified atom stereocenters. The molecule has 0 spiro atoms. The van der Waals surface area contributed by atoms with E-state index in [4.69, 9.17) is 9.26 Å². The van der Waals surface area contributed by atoms with Gasteiger partial charge in [-0.15, -0.1) is 0 Å². The van der Waals surface area contributed by atoms with Crippen LogP contribution in [0.15, 0.2) is 4.52 Å². The summed E-state index contributed by atoms with van der Waals surface area (Å²) in [7, 11) is 0. The molecule has 0 amide bonds. The third-order valence-electron chi connectivity index (χ3n) is 2.34. The van der Waals surface area contributed by atoms with Crippen LogP contribution in [0.2, 0.25) is 0 Å². The first-order valence-corrected chi connectivity index (χ1v) is 5.16. The van der Waals surface area contributed by atoms with E-state index in [-0.39, 0.29) is 18.3 Å². The summed E-state index contributed by atoms with van der Waals surface area (Å²) >= 11 is 0. The standard InChI is InChI=1S/C10H14N2O3/c1-7(13)5-9-11-10(15-12-9)6-8-3-2-4-14-8/h8H,2-6H2,1H3. The molecule has 15 heavy (non-hydrogen) atoms. The maximum Gasteiger partial charge on any atom is 0.229 e. The number of ether oxygens (including phenoxy) is 1. The van der Waals surface area contributed by atoms with Crippen molar-refractivity contribution in [1.29, 1.82) is 0 Å². The van der Waals surface area contributed by atoms with E-state index in [2.05, 4.69) is 10.1 Å². The highest BCUT2D eigenvalue weighted by Gasteiger charge is 2.19. The van der Waals surface area contributed by atoms with E-state index in [9.17, 15) is 4.79 Å². The molecule has 5 heteroatoms. The Bertz CT molecular complexity index is 342. The minimum absolute atomic E-state index is 0.0412. The van der Waals surface area contributed by atoms with Crippen LogP contribution in [0.5, 0.6) is 0 Å². The number of aromatic nitrogens is 2. The molecule has 82 valence electrons. The third kappa shape index (κ3) is 2.86. The molecule has 1 aromatic rings. The first-order valence-electron chi connectivity index (χ1n) is 5.16. The van der Waals surface area contributed by atoms with Crippen molar-refractivity contribution in [3.63, 3.8) is 0 Å². The highest BCUT2D eigenvalue weighted by molar-refractivity contribution is 5.77. The largest absolute Gasteiger partial charge is 0.378 e. The van der Waals surface area contributed by atoms with Crippen LogP contribution in [0.1, 0.15) is 31.5 Å². The van der Waals surface area contributed by atoms with Gasteiger partial charge in [-0.3, -0.25) is 4.79 Å². The van der Waals surface area contributed by atoms with Crippen molar-refractivity contribution in [1.82, 2.24) is 10.1 Å². The van der Waals surface area contributed by atoms with E-state index < -0.39 is 0 Å². The van der Waals surface area contributed by atoms with Gasteiger partial charge in [-0.25, -0.2) is 0 Å². The number of hydrogen-bond donors (Lipinski definition) is 0. The topological polar surface area (TPSA) is 65.2 Å². The highest BCUT2D eigenvalue weighted by Crippen LogP contribution is 2.16. The Labute approximate surface area is 87.8 Å². The number of ketones is 1. The molecule has 1 aromatic heterocycles. The second kappa shape index (κ2) is 4.53. The summed E-state index contributed by atoms with van der Waals surface area (Å²) in [6.45, 7) is 2.33. The van der Waals surface area contributed by atoms with Crippen molar-refractivity contribution in [3.8, 4) is 0 Å². The SMILES string of the molecule is CC(=O)Cc1noc(CC2CCCO2)n1. The van der Waals surface area contributed by atoms with Gasteiger partial charge in [0.15, 0.2) is 5.82 Å². The van der Waals surface area contributed by atoms with Gasteiger partial charge in [-0.2, -0.15) is 4.98 Å². The van der Waals surface area contributed by atoms with Crippen LogP contribution >= 0.6 is 0 Å². The number of hydrogen-bond acceptors (Lipinski definition) is 5. The van der Waals surface area contributed by atoms with Gasteiger partial charge in [-0.1, -0.05) is 5.16 Å². The zero-order chi connectivity index (χ0) is 10.7. The molecule has 1 aliphatic heterocycles. The second-order valence-electron chi connectivity index (χ2n) is 3.82. The Morgan fingerprint density at radius 2 is 2.47 bits per heavy atom. The van der Waals surface area contributed by atoms with Gasteiger partial charge in [0.05, 0.1) is 18.9 Å². The maximum atomic E-state index is 10.8. The average Bonchev–Trinajstić information content (AvgIpc) is 2.77. The summed E-state index contributed by atoms with van der Waals surface area (Å²) in [4.78, 5) is 15.0. The van der Waals surface area contributed by atoms with Crippen molar-refractivity contribution >= 4 is 5.78 Å². The van der Waals surface area contributed by atoms with Crippen LogP contribution < -0.4 is 0 Å². The molecule has 0 aliphatic carbocycles. The Morgan fingerprint density at radius 3 is 3.13 bits per heavy atom.